The summed E-state index contributed by atoms with van der Waals surface area (Å²) in [5.41, 5.74) is 0. The number of unbranched alkanes of at least 4 members (excludes halogenated alkanes) is 22. The number of hydrogen-bond donors (Lipinski definition) is 6. The summed E-state index contributed by atoms with van der Waals surface area (Å²) in [6.45, 7) is 3.25. The zero-order chi connectivity index (χ0) is 39.3. The van der Waals surface area contributed by atoms with Crippen molar-refractivity contribution >= 4 is 19.8 Å². The maximum absolute atomic E-state index is 12.7. The Morgan fingerprint density at radius 2 is 0.849 bits per heavy atom. The fourth-order valence-electron chi connectivity index (χ4n) is 6.52. The van der Waals surface area contributed by atoms with Crippen molar-refractivity contribution in [3.8, 4) is 0 Å². The standard InChI is InChI=1S/C39H75O13P/c1-3-5-7-9-11-13-14-15-16-17-18-19-20-22-24-26-28-33(41)51-31(29-49-32(40)27-25-23-21-12-10-8-6-4-2)30-50-53(47,48)52-39-37(45)35(43)34(42)36(44)38(39)46/h31,34-39,42-46H,3-30H2,1-2H3,(H,47,48)/t31-,34?,35-,36?,37?,38?,39?/m1/s1. The molecule has 0 aliphatic heterocycles. The van der Waals surface area contributed by atoms with Crippen LogP contribution in [0.4, 0.5) is 0 Å². The maximum Gasteiger partial charge on any atom is 0.472 e. The van der Waals surface area contributed by atoms with Crippen LogP contribution in [0.25, 0.3) is 0 Å². The van der Waals surface area contributed by atoms with E-state index in [1.807, 2.05) is 0 Å². The lowest BCUT2D eigenvalue weighted by atomic mass is 9.85. The quantitative estimate of drug-likeness (QED) is 0.0222. The van der Waals surface area contributed by atoms with Crippen molar-refractivity contribution in [1.29, 1.82) is 0 Å². The van der Waals surface area contributed by atoms with E-state index < -0.39 is 75.7 Å². The third-order valence-corrected chi connectivity index (χ3v) is 10.9. The highest BCUT2D eigenvalue weighted by Crippen LogP contribution is 2.47. The Bertz CT molecular complexity index is 954. The van der Waals surface area contributed by atoms with Crippen molar-refractivity contribution in [3.05, 3.63) is 0 Å². The summed E-state index contributed by atoms with van der Waals surface area (Å²) < 4.78 is 33.3. The number of ether oxygens (including phenoxy) is 2. The second-order valence-electron chi connectivity index (χ2n) is 14.9. The highest BCUT2D eigenvalue weighted by atomic mass is 31.2. The van der Waals surface area contributed by atoms with Gasteiger partial charge in [-0.2, -0.15) is 0 Å². The van der Waals surface area contributed by atoms with Gasteiger partial charge >= 0.3 is 19.8 Å². The summed E-state index contributed by atoms with van der Waals surface area (Å²) in [4.78, 5) is 35.4. The van der Waals surface area contributed by atoms with Gasteiger partial charge in [-0.25, -0.2) is 4.57 Å². The van der Waals surface area contributed by atoms with Crippen LogP contribution in [0.5, 0.6) is 0 Å². The van der Waals surface area contributed by atoms with Gasteiger partial charge in [0.05, 0.1) is 6.61 Å². The van der Waals surface area contributed by atoms with Crippen molar-refractivity contribution in [2.75, 3.05) is 13.2 Å². The Labute approximate surface area is 319 Å². The van der Waals surface area contributed by atoms with Gasteiger partial charge in [-0.05, 0) is 12.8 Å². The Kier molecular flexibility index (Phi) is 29.2. The zero-order valence-corrected chi connectivity index (χ0v) is 33.7. The number of rotatable bonds is 34. The smallest absolute Gasteiger partial charge is 0.462 e. The number of carbonyl (C=O) groups is 2. The molecule has 1 fully saturated rings. The first-order valence-electron chi connectivity index (χ1n) is 20.8. The fraction of sp³-hybridized carbons (Fsp3) is 0.949. The molecule has 6 unspecified atom stereocenters. The average molecular weight is 783 g/mol. The summed E-state index contributed by atoms with van der Waals surface area (Å²) in [7, 11) is -5.10. The molecule has 0 aromatic carbocycles. The van der Waals surface area contributed by atoms with Crippen LogP contribution >= 0.6 is 7.82 Å². The molecule has 0 amide bonds. The molecule has 14 heteroatoms. The summed E-state index contributed by atoms with van der Waals surface area (Å²) >= 11 is 0. The summed E-state index contributed by atoms with van der Waals surface area (Å²) in [6, 6.07) is 0. The molecule has 0 heterocycles. The van der Waals surface area contributed by atoms with Crippen molar-refractivity contribution < 1.29 is 63.1 Å². The third kappa shape index (κ3) is 24.2. The Morgan fingerprint density at radius 3 is 1.25 bits per heavy atom. The van der Waals surface area contributed by atoms with E-state index in [1.165, 1.54) is 103 Å². The zero-order valence-electron chi connectivity index (χ0n) is 32.8. The molecule has 0 spiro atoms. The van der Waals surface area contributed by atoms with Gasteiger partial charge < -0.3 is 39.9 Å². The van der Waals surface area contributed by atoms with Gasteiger partial charge in [-0.3, -0.25) is 18.6 Å². The molecule has 8 atom stereocenters. The Balaban J connectivity index is 2.47. The van der Waals surface area contributed by atoms with Crippen LogP contribution < -0.4 is 0 Å². The molecule has 0 aromatic rings. The lowest BCUT2D eigenvalue weighted by Gasteiger charge is -2.41. The Hall–Kier alpha value is -1.15. The minimum atomic E-state index is -5.10. The van der Waals surface area contributed by atoms with E-state index in [2.05, 4.69) is 13.8 Å². The van der Waals surface area contributed by atoms with Gasteiger partial charge in [0, 0.05) is 12.8 Å². The fourth-order valence-corrected chi connectivity index (χ4v) is 7.50. The average Bonchev–Trinajstić information content (AvgIpc) is 3.13. The lowest BCUT2D eigenvalue weighted by Crippen LogP contribution is -2.64. The van der Waals surface area contributed by atoms with Crippen LogP contribution in [0.1, 0.15) is 181 Å². The SMILES string of the molecule is CCCCCCCCCCCCCCCCCCC(=O)O[C@H](COC(=O)CCCCCCCCCC)COP(=O)(O)OC1C(O)C(O)C(O)[C@@H](O)C1O. The highest BCUT2D eigenvalue weighted by Gasteiger charge is 2.51. The molecule has 1 aliphatic rings. The van der Waals surface area contributed by atoms with E-state index >= 15 is 0 Å². The molecule has 13 nitrogen and oxygen atoms in total. The monoisotopic (exact) mass is 782 g/mol. The van der Waals surface area contributed by atoms with Crippen LogP contribution in [0, 0.1) is 0 Å². The van der Waals surface area contributed by atoms with Gasteiger partial charge in [-0.1, -0.05) is 155 Å². The first-order chi connectivity index (χ1) is 25.4. The molecule has 53 heavy (non-hydrogen) atoms. The highest BCUT2D eigenvalue weighted by molar-refractivity contribution is 7.47. The van der Waals surface area contributed by atoms with Crippen molar-refractivity contribution in [3.63, 3.8) is 0 Å². The largest absolute Gasteiger partial charge is 0.472 e. The molecule has 0 bridgehead atoms. The molecular formula is C39H75O13P. The van der Waals surface area contributed by atoms with Gasteiger partial charge in [0.2, 0.25) is 0 Å². The van der Waals surface area contributed by atoms with Crippen LogP contribution in [-0.2, 0) is 32.7 Å². The van der Waals surface area contributed by atoms with E-state index in [1.54, 1.807) is 0 Å². The predicted molar refractivity (Wildman–Crippen MR) is 203 cm³/mol. The summed E-state index contributed by atoms with van der Waals surface area (Å²) in [5.74, 6) is -1.09. The number of aliphatic hydroxyl groups is 5. The minimum absolute atomic E-state index is 0.104. The third-order valence-electron chi connectivity index (χ3n) is 9.95. The molecule has 0 radical (unpaired) electrons. The topological polar surface area (TPSA) is 210 Å². The number of hydrogen-bond acceptors (Lipinski definition) is 12. The minimum Gasteiger partial charge on any atom is -0.462 e. The molecule has 314 valence electrons. The van der Waals surface area contributed by atoms with E-state index in [0.29, 0.717) is 12.8 Å². The predicted octanol–water partition coefficient (Wildman–Crippen LogP) is 6.94. The number of carbonyl (C=O) groups excluding carboxylic acids is 2. The van der Waals surface area contributed by atoms with Crippen LogP contribution in [0.2, 0.25) is 0 Å². The molecule has 0 saturated heterocycles. The Morgan fingerprint density at radius 1 is 0.509 bits per heavy atom. The first kappa shape index (κ1) is 49.9. The number of phosphoric acid groups is 1. The van der Waals surface area contributed by atoms with Crippen molar-refractivity contribution in [2.45, 2.75) is 224 Å². The second kappa shape index (κ2) is 31.0. The maximum atomic E-state index is 12.7. The van der Waals surface area contributed by atoms with Gasteiger partial charge in [0.1, 0.15) is 43.2 Å². The number of esters is 2. The van der Waals surface area contributed by atoms with Gasteiger partial charge in [0.25, 0.3) is 0 Å². The van der Waals surface area contributed by atoms with Crippen molar-refractivity contribution in [1.82, 2.24) is 0 Å². The van der Waals surface area contributed by atoms with Crippen LogP contribution in [0.15, 0.2) is 0 Å². The van der Waals surface area contributed by atoms with Gasteiger partial charge in [-0.15, -0.1) is 0 Å². The molecule has 6 N–H and O–H groups in total. The van der Waals surface area contributed by atoms with E-state index in [9.17, 15) is 44.6 Å². The van der Waals surface area contributed by atoms with Crippen LogP contribution in [-0.4, -0.2) is 98.3 Å². The van der Waals surface area contributed by atoms with Crippen LogP contribution in [0.3, 0.4) is 0 Å². The molecular weight excluding hydrogens is 707 g/mol. The van der Waals surface area contributed by atoms with E-state index in [-0.39, 0.29) is 12.8 Å². The molecule has 0 aromatic heterocycles. The van der Waals surface area contributed by atoms with Crippen molar-refractivity contribution in [2.24, 2.45) is 0 Å². The molecule has 1 rings (SSSR count). The van der Waals surface area contributed by atoms with E-state index in [4.69, 9.17) is 18.5 Å². The first-order valence-corrected chi connectivity index (χ1v) is 22.3. The van der Waals surface area contributed by atoms with E-state index in [0.717, 1.165) is 38.5 Å². The lowest BCUT2D eigenvalue weighted by molar-refractivity contribution is -0.220. The van der Waals surface area contributed by atoms with Gasteiger partial charge in [0.15, 0.2) is 6.10 Å². The normalized spacial score (nSPS) is 23.4. The molecule has 1 aliphatic carbocycles. The summed E-state index contributed by atoms with van der Waals surface area (Å²) in [6.07, 6.45) is 14.8. The second-order valence-corrected chi connectivity index (χ2v) is 16.3. The number of aliphatic hydroxyl groups excluding tert-OH is 5. The summed E-state index contributed by atoms with van der Waals surface area (Å²) in [5, 5.41) is 49.9. The number of phosphoric ester groups is 1. The molecule has 1 saturated carbocycles.